The standard InChI is InChI=1S/C51H25N5O2/c1-54-40-26-33(56-42-15-7-3-11-35(42)37-19-21-46-49(51(37)56)39-13-5-9-17-44(39)58-46)25-31(28-53)47(40)30-22-29(27-52)23-32(24-30)55-41-14-6-2-10-34(41)36-18-20-45-48(50(36)55)38-12-4-8-16-43(38)57-45/h2-26H. The van der Waals surface area contributed by atoms with E-state index in [1.807, 2.05) is 97.1 Å². The van der Waals surface area contributed by atoms with Gasteiger partial charge < -0.3 is 18.0 Å². The number of nitrogens with zero attached hydrogens (tertiary/aromatic N) is 5. The predicted molar refractivity (Wildman–Crippen MR) is 231 cm³/mol. The van der Waals surface area contributed by atoms with Gasteiger partial charge >= 0.3 is 0 Å². The van der Waals surface area contributed by atoms with E-state index in [4.69, 9.17) is 15.4 Å². The first-order valence-electron chi connectivity index (χ1n) is 18.8. The van der Waals surface area contributed by atoms with Gasteiger partial charge in [-0.05, 0) is 84.4 Å². The molecular weight excluding hydrogens is 715 g/mol. The van der Waals surface area contributed by atoms with Crippen molar-refractivity contribution in [3.8, 4) is 34.6 Å². The van der Waals surface area contributed by atoms with Crippen LogP contribution in [0.25, 0.3) is 115 Å². The van der Waals surface area contributed by atoms with Gasteiger partial charge in [0.1, 0.15) is 22.3 Å². The number of hydrogen-bond acceptors (Lipinski definition) is 4. The van der Waals surface area contributed by atoms with Gasteiger partial charge in [0.15, 0.2) is 5.69 Å². The molecule has 4 heterocycles. The summed E-state index contributed by atoms with van der Waals surface area (Å²) in [4.78, 5) is 4.07. The van der Waals surface area contributed by atoms with Crippen LogP contribution in [0.1, 0.15) is 11.1 Å². The molecule has 12 rings (SSSR count). The van der Waals surface area contributed by atoms with Gasteiger partial charge in [-0.2, -0.15) is 10.5 Å². The smallest absolute Gasteiger partial charge is 0.198 e. The molecule has 0 radical (unpaired) electrons. The third kappa shape index (κ3) is 4.23. The van der Waals surface area contributed by atoms with Crippen molar-refractivity contribution < 1.29 is 8.83 Å². The number of rotatable bonds is 3. The summed E-state index contributed by atoms with van der Waals surface area (Å²) in [6.45, 7) is 8.54. The molecular formula is C51H25N5O2. The molecule has 0 saturated carbocycles. The molecule has 7 nitrogen and oxygen atoms in total. The van der Waals surface area contributed by atoms with Crippen LogP contribution in [0, 0.1) is 29.2 Å². The second-order valence-corrected chi connectivity index (χ2v) is 14.6. The normalized spacial score (nSPS) is 11.7. The Kier molecular flexibility index (Phi) is 6.41. The molecule has 8 aromatic carbocycles. The second kappa shape index (κ2) is 11.7. The van der Waals surface area contributed by atoms with E-state index in [9.17, 15) is 10.5 Å². The van der Waals surface area contributed by atoms with E-state index < -0.39 is 0 Å². The molecule has 0 bridgehead atoms. The zero-order valence-electron chi connectivity index (χ0n) is 30.5. The third-order valence-electron chi connectivity index (χ3n) is 11.5. The summed E-state index contributed by atoms with van der Waals surface area (Å²) in [6, 6.07) is 54.8. The van der Waals surface area contributed by atoms with Crippen molar-refractivity contribution in [3.05, 3.63) is 174 Å². The first-order chi connectivity index (χ1) is 28.6. The minimum Gasteiger partial charge on any atom is -0.456 e. The van der Waals surface area contributed by atoms with Crippen molar-refractivity contribution in [2.75, 3.05) is 0 Å². The first-order valence-corrected chi connectivity index (χ1v) is 18.8. The molecule has 0 spiro atoms. The highest BCUT2D eigenvalue weighted by atomic mass is 16.3. The monoisotopic (exact) mass is 739 g/mol. The molecule has 58 heavy (non-hydrogen) atoms. The number of nitriles is 2. The summed E-state index contributed by atoms with van der Waals surface area (Å²) in [6.07, 6.45) is 0. The lowest BCUT2D eigenvalue weighted by atomic mass is 9.95. The van der Waals surface area contributed by atoms with Crippen LogP contribution in [0.3, 0.4) is 0 Å². The molecule has 0 fully saturated rings. The Balaban J connectivity index is 1.14. The maximum atomic E-state index is 10.9. The van der Waals surface area contributed by atoms with E-state index in [0.717, 1.165) is 93.2 Å². The van der Waals surface area contributed by atoms with Gasteiger partial charge in [-0.3, -0.25) is 0 Å². The minimum atomic E-state index is 0.302. The average molecular weight is 740 g/mol. The molecule has 0 aliphatic heterocycles. The molecule has 0 N–H and O–H groups in total. The van der Waals surface area contributed by atoms with E-state index in [2.05, 4.69) is 74.6 Å². The Morgan fingerprint density at radius 1 is 0.483 bits per heavy atom. The molecule has 0 aliphatic rings. The van der Waals surface area contributed by atoms with Crippen LogP contribution in [-0.2, 0) is 0 Å². The Morgan fingerprint density at radius 3 is 1.53 bits per heavy atom. The second-order valence-electron chi connectivity index (χ2n) is 14.6. The number of benzene rings is 8. The summed E-state index contributed by atoms with van der Waals surface area (Å²) >= 11 is 0. The van der Waals surface area contributed by atoms with Crippen LogP contribution < -0.4 is 0 Å². The molecule has 12 aromatic rings. The van der Waals surface area contributed by atoms with Gasteiger partial charge in [-0.25, -0.2) is 4.85 Å². The van der Waals surface area contributed by atoms with Crippen molar-refractivity contribution in [2.24, 2.45) is 0 Å². The van der Waals surface area contributed by atoms with Crippen LogP contribution in [0.15, 0.2) is 160 Å². The molecule has 0 atom stereocenters. The summed E-state index contributed by atoms with van der Waals surface area (Å²) < 4.78 is 17.0. The van der Waals surface area contributed by atoms with Crippen LogP contribution in [0.4, 0.5) is 5.69 Å². The molecule has 0 aliphatic carbocycles. The Bertz CT molecular complexity index is 3870. The van der Waals surface area contributed by atoms with Crippen molar-refractivity contribution in [2.45, 2.75) is 0 Å². The van der Waals surface area contributed by atoms with Crippen molar-refractivity contribution in [3.63, 3.8) is 0 Å². The van der Waals surface area contributed by atoms with Crippen LogP contribution in [0.5, 0.6) is 0 Å². The van der Waals surface area contributed by atoms with Gasteiger partial charge in [0.2, 0.25) is 0 Å². The summed E-state index contributed by atoms with van der Waals surface area (Å²) in [5, 5.41) is 29.5. The van der Waals surface area contributed by atoms with E-state index in [0.29, 0.717) is 33.6 Å². The zero-order valence-corrected chi connectivity index (χ0v) is 30.5. The number of fused-ring (bicyclic) bond motifs is 14. The van der Waals surface area contributed by atoms with Gasteiger partial charge in [0, 0.05) is 49.3 Å². The van der Waals surface area contributed by atoms with Gasteiger partial charge in [0.25, 0.3) is 0 Å². The van der Waals surface area contributed by atoms with Crippen molar-refractivity contribution in [1.82, 2.24) is 9.13 Å². The van der Waals surface area contributed by atoms with Gasteiger partial charge in [-0.15, -0.1) is 0 Å². The fourth-order valence-electron chi connectivity index (χ4n) is 9.24. The summed E-state index contributed by atoms with van der Waals surface area (Å²) in [7, 11) is 0. The Morgan fingerprint density at radius 2 is 1.00 bits per heavy atom. The van der Waals surface area contributed by atoms with Crippen molar-refractivity contribution in [1.29, 1.82) is 10.5 Å². The van der Waals surface area contributed by atoms with E-state index in [1.165, 1.54) is 0 Å². The predicted octanol–water partition coefficient (Wildman–Crippen LogP) is 13.6. The maximum Gasteiger partial charge on any atom is 0.198 e. The molecule has 7 heteroatoms. The van der Waals surface area contributed by atoms with Crippen LogP contribution in [-0.4, -0.2) is 9.13 Å². The molecule has 0 unspecified atom stereocenters. The molecule has 0 amide bonds. The lowest BCUT2D eigenvalue weighted by molar-refractivity contribution is 0.669. The quantitative estimate of drug-likeness (QED) is 0.169. The minimum absolute atomic E-state index is 0.302. The highest BCUT2D eigenvalue weighted by Gasteiger charge is 2.24. The Labute approximate surface area is 329 Å². The highest BCUT2D eigenvalue weighted by Crippen LogP contribution is 2.45. The third-order valence-corrected chi connectivity index (χ3v) is 11.5. The topological polar surface area (TPSA) is 88.1 Å². The van der Waals surface area contributed by atoms with Gasteiger partial charge in [-0.1, -0.05) is 72.8 Å². The zero-order chi connectivity index (χ0) is 38.6. The largest absolute Gasteiger partial charge is 0.456 e. The fraction of sp³-hybridized carbons (Fsp3) is 0. The van der Waals surface area contributed by atoms with Crippen molar-refractivity contribution >= 4 is 93.2 Å². The van der Waals surface area contributed by atoms with Crippen LogP contribution >= 0.6 is 0 Å². The van der Waals surface area contributed by atoms with E-state index >= 15 is 0 Å². The highest BCUT2D eigenvalue weighted by molar-refractivity contribution is 6.26. The van der Waals surface area contributed by atoms with Gasteiger partial charge in [0.05, 0.1) is 62.7 Å². The number of para-hydroxylation sites is 4. The van der Waals surface area contributed by atoms with E-state index in [-0.39, 0.29) is 0 Å². The number of hydrogen-bond donors (Lipinski definition) is 0. The molecule has 0 saturated heterocycles. The number of aromatic nitrogens is 2. The lowest BCUT2D eigenvalue weighted by Crippen LogP contribution is -1.99. The molecule has 4 aromatic heterocycles. The summed E-state index contributed by atoms with van der Waals surface area (Å²) in [5.41, 5.74) is 10.4. The number of furan rings is 2. The fourth-order valence-corrected chi connectivity index (χ4v) is 9.24. The maximum absolute atomic E-state index is 10.9. The van der Waals surface area contributed by atoms with E-state index in [1.54, 1.807) is 6.07 Å². The SMILES string of the molecule is [C-]#[N+]c1cc(-n2c3ccccc3c3ccc4oc5ccccc5c4c32)cc(C#N)c1-c1cc(C#N)cc(-n2c3ccccc3c3ccc4oc5ccccc5c4c32)c1. The lowest BCUT2D eigenvalue weighted by Gasteiger charge is -2.16. The average Bonchev–Trinajstić information content (AvgIpc) is 4.03. The Hall–Kier alpha value is -8.57. The first kappa shape index (κ1) is 31.7. The molecule has 266 valence electrons. The summed E-state index contributed by atoms with van der Waals surface area (Å²) in [5.74, 6) is 0. The van der Waals surface area contributed by atoms with Crippen LogP contribution in [0.2, 0.25) is 0 Å².